The zero-order valence-electron chi connectivity index (χ0n) is 12.3. The number of nitrogens with two attached hydrogens (primary N) is 1. The van der Waals surface area contributed by atoms with Crippen molar-refractivity contribution in [1.82, 2.24) is 0 Å². The lowest BCUT2D eigenvalue weighted by Crippen LogP contribution is -2.46. The second kappa shape index (κ2) is 6.37. The highest BCUT2D eigenvalue weighted by Gasteiger charge is 2.38. The normalized spacial score (nSPS) is 18.0. The second-order valence-corrected chi connectivity index (χ2v) is 5.83. The Morgan fingerprint density at radius 2 is 1.90 bits per heavy atom. The third-order valence-corrected chi connectivity index (χ3v) is 4.16. The summed E-state index contributed by atoms with van der Waals surface area (Å²) in [7, 11) is 0. The van der Waals surface area contributed by atoms with E-state index in [1.165, 1.54) is 5.56 Å². The molecule has 1 amide bonds. The minimum absolute atomic E-state index is 0.0144. The Morgan fingerprint density at radius 1 is 1.30 bits per heavy atom. The molecule has 0 aromatic heterocycles. The van der Waals surface area contributed by atoms with E-state index in [1.807, 2.05) is 12.1 Å². The van der Waals surface area contributed by atoms with E-state index in [2.05, 4.69) is 31.3 Å². The van der Waals surface area contributed by atoms with Gasteiger partial charge in [0.05, 0.1) is 5.41 Å². The maximum absolute atomic E-state index is 12.5. The van der Waals surface area contributed by atoms with Gasteiger partial charge in [-0.25, -0.2) is 0 Å². The number of ether oxygens (including phenoxy) is 1. The monoisotopic (exact) mass is 276 g/mol. The molecule has 1 aromatic carbocycles. The molecule has 20 heavy (non-hydrogen) atoms. The summed E-state index contributed by atoms with van der Waals surface area (Å²) < 4.78 is 5.33. The van der Waals surface area contributed by atoms with Gasteiger partial charge in [0.15, 0.2) is 0 Å². The fraction of sp³-hybridized carbons (Fsp3) is 0.562. The van der Waals surface area contributed by atoms with Crippen LogP contribution in [0.5, 0.6) is 0 Å². The zero-order chi connectivity index (χ0) is 14.6. The van der Waals surface area contributed by atoms with E-state index in [-0.39, 0.29) is 5.91 Å². The topological polar surface area (TPSA) is 64.4 Å². The quantitative estimate of drug-likeness (QED) is 0.888. The predicted octanol–water partition coefficient (Wildman–Crippen LogP) is 2.50. The lowest BCUT2D eigenvalue weighted by atomic mass is 9.79. The largest absolute Gasteiger partial charge is 0.381 e. The van der Waals surface area contributed by atoms with Gasteiger partial charge in [-0.05, 0) is 36.5 Å². The first-order valence-corrected chi connectivity index (χ1v) is 7.27. The number of hydrogen-bond acceptors (Lipinski definition) is 3. The molecule has 1 heterocycles. The number of hydrogen-bond donors (Lipinski definition) is 2. The van der Waals surface area contributed by atoms with Gasteiger partial charge in [0.2, 0.25) is 5.91 Å². The molecule has 1 aromatic rings. The van der Waals surface area contributed by atoms with Crippen LogP contribution in [0.3, 0.4) is 0 Å². The van der Waals surface area contributed by atoms with Gasteiger partial charge in [0.25, 0.3) is 0 Å². The summed E-state index contributed by atoms with van der Waals surface area (Å²) in [5, 5.41) is 3.00. The highest BCUT2D eigenvalue weighted by molar-refractivity contribution is 5.95. The lowest BCUT2D eigenvalue weighted by Gasteiger charge is -2.34. The van der Waals surface area contributed by atoms with Crippen LogP contribution in [-0.4, -0.2) is 25.7 Å². The van der Waals surface area contributed by atoms with Crippen molar-refractivity contribution in [2.75, 3.05) is 25.1 Å². The number of amides is 1. The number of rotatable bonds is 4. The van der Waals surface area contributed by atoms with Crippen LogP contribution in [0.1, 0.15) is 38.2 Å². The Hall–Kier alpha value is -1.39. The lowest BCUT2D eigenvalue weighted by molar-refractivity contribution is -0.130. The maximum atomic E-state index is 12.5. The molecule has 0 spiro atoms. The molecule has 1 fully saturated rings. The van der Waals surface area contributed by atoms with Crippen LogP contribution in [0.25, 0.3) is 0 Å². The number of carbonyl (C=O) groups is 1. The summed E-state index contributed by atoms with van der Waals surface area (Å²) in [6.45, 7) is 5.89. The Kier molecular flexibility index (Phi) is 4.78. The summed E-state index contributed by atoms with van der Waals surface area (Å²) in [4.78, 5) is 12.5. The molecular formula is C16H24N2O2. The summed E-state index contributed by atoms with van der Waals surface area (Å²) in [5.74, 6) is 0.506. The van der Waals surface area contributed by atoms with E-state index >= 15 is 0 Å². The Balaban J connectivity index is 2.06. The summed E-state index contributed by atoms with van der Waals surface area (Å²) in [6, 6.07) is 8.02. The van der Waals surface area contributed by atoms with Crippen molar-refractivity contribution in [3.63, 3.8) is 0 Å². The van der Waals surface area contributed by atoms with E-state index in [4.69, 9.17) is 10.5 Å². The van der Waals surface area contributed by atoms with E-state index in [1.54, 1.807) is 0 Å². The highest BCUT2D eigenvalue weighted by Crippen LogP contribution is 2.31. The van der Waals surface area contributed by atoms with Gasteiger partial charge in [-0.2, -0.15) is 0 Å². The van der Waals surface area contributed by atoms with E-state index in [0.29, 0.717) is 38.5 Å². The minimum atomic E-state index is -0.477. The first kappa shape index (κ1) is 15.0. The molecule has 0 atom stereocenters. The maximum Gasteiger partial charge on any atom is 0.232 e. The average Bonchev–Trinajstić information content (AvgIpc) is 2.48. The number of benzene rings is 1. The molecule has 0 saturated carbocycles. The Labute approximate surface area is 120 Å². The van der Waals surface area contributed by atoms with Crippen LogP contribution < -0.4 is 11.1 Å². The minimum Gasteiger partial charge on any atom is -0.381 e. The van der Waals surface area contributed by atoms with Crippen LogP contribution in [0.2, 0.25) is 0 Å². The first-order chi connectivity index (χ1) is 9.57. The number of carbonyl (C=O) groups excluding carboxylic acids is 1. The average molecular weight is 276 g/mol. The van der Waals surface area contributed by atoms with Crippen LogP contribution in [0.15, 0.2) is 24.3 Å². The van der Waals surface area contributed by atoms with Crippen LogP contribution >= 0.6 is 0 Å². The van der Waals surface area contributed by atoms with Gasteiger partial charge in [-0.3, -0.25) is 4.79 Å². The third-order valence-electron chi connectivity index (χ3n) is 4.16. The number of nitrogens with one attached hydrogen (secondary N) is 1. The van der Waals surface area contributed by atoms with Crippen molar-refractivity contribution < 1.29 is 9.53 Å². The van der Waals surface area contributed by atoms with Crippen LogP contribution in [0, 0.1) is 5.41 Å². The smallest absolute Gasteiger partial charge is 0.232 e. The van der Waals surface area contributed by atoms with E-state index in [0.717, 1.165) is 5.69 Å². The predicted molar refractivity (Wildman–Crippen MR) is 80.7 cm³/mol. The van der Waals surface area contributed by atoms with Crippen molar-refractivity contribution >= 4 is 11.6 Å². The molecule has 1 aliphatic rings. The SMILES string of the molecule is CC(C)c1ccc(NC(=O)C2(CN)CCOCC2)cc1. The fourth-order valence-corrected chi connectivity index (χ4v) is 2.50. The first-order valence-electron chi connectivity index (χ1n) is 7.27. The summed E-state index contributed by atoms with van der Waals surface area (Å²) >= 11 is 0. The van der Waals surface area contributed by atoms with Gasteiger partial charge < -0.3 is 15.8 Å². The molecular weight excluding hydrogens is 252 g/mol. The summed E-state index contributed by atoms with van der Waals surface area (Å²) in [5.41, 5.74) is 7.46. The standard InChI is InChI=1S/C16H24N2O2/c1-12(2)13-3-5-14(6-4-13)18-15(19)16(11-17)7-9-20-10-8-16/h3-6,12H,7-11,17H2,1-2H3,(H,18,19). The van der Waals surface area contributed by atoms with Gasteiger partial charge >= 0.3 is 0 Å². The van der Waals surface area contributed by atoms with Crippen molar-refractivity contribution in [1.29, 1.82) is 0 Å². The van der Waals surface area contributed by atoms with Crippen molar-refractivity contribution in [2.24, 2.45) is 11.1 Å². The molecule has 1 saturated heterocycles. The van der Waals surface area contributed by atoms with Gasteiger partial charge in [0.1, 0.15) is 0 Å². The molecule has 3 N–H and O–H groups in total. The summed E-state index contributed by atoms with van der Waals surface area (Å²) in [6.07, 6.45) is 1.39. The molecule has 0 aliphatic carbocycles. The molecule has 1 aliphatic heterocycles. The van der Waals surface area contributed by atoms with E-state index in [9.17, 15) is 4.79 Å². The van der Waals surface area contributed by atoms with Crippen molar-refractivity contribution in [2.45, 2.75) is 32.6 Å². The zero-order valence-corrected chi connectivity index (χ0v) is 12.3. The third kappa shape index (κ3) is 3.19. The molecule has 0 radical (unpaired) electrons. The van der Waals surface area contributed by atoms with Crippen molar-refractivity contribution in [3.05, 3.63) is 29.8 Å². The molecule has 0 unspecified atom stereocenters. The van der Waals surface area contributed by atoms with Crippen LogP contribution in [0.4, 0.5) is 5.69 Å². The molecule has 0 bridgehead atoms. The second-order valence-electron chi connectivity index (χ2n) is 5.83. The van der Waals surface area contributed by atoms with Gasteiger partial charge in [0, 0.05) is 25.4 Å². The van der Waals surface area contributed by atoms with Crippen LogP contribution in [-0.2, 0) is 9.53 Å². The Morgan fingerprint density at radius 3 is 2.40 bits per heavy atom. The number of anilines is 1. The van der Waals surface area contributed by atoms with Crippen molar-refractivity contribution in [3.8, 4) is 0 Å². The van der Waals surface area contributed by atoms with Gasteiger partial charge in [-0.15, -0.1) is 0 Å². The van der Waals surface area contributed by atoms with E-state index < -0.39 is 5.41 Å². The molecule has 4 nitrogen and oxygen atoms in total. The molecule has 4 heteroatoms. The fourth-order valence-electron chi connectivity index (χ4n) is 2.50. The highest BCUT2D eigenvalue weighted by atomic mass is 16.5. The Bertz CT molecular complexity index is 448. The molecule has 110 valence electrons. The van der Waals surface area contributed by atoms with Gasteiger partial charge in [-0.1, -0.05) is 26.0 Å². The molecule has 2 rings (SSSR count).